The fourth-order valence-electron chi connectivity index (χ4n) is 3.66. The molecule has 34 heavy (non-hydrogen) atoms. The van der Waals surface area contributed by atoms with Gasteiger partial charge in [0.15, 0.2) is 17.7 Å². The van der Waals surface area contributed by atoms with E-state index in [0.29, 0.717) is 18.1 Å². The summed E-state index contributed by atoms with van der Waals surface area (Å²) in [5.74, 6) is -0.741. The third kappa shape index (κ3) is 3.99. The van der Waals surface area contributed by atoms with Gasteiger partial charge in [0.25, 0.3) is 0 Å². The van der Waals surface area contributed by atoms with Crippen LogP contribution in [0.5, 0.6) is 5.75 Å². The van der Waals surface area contributed by atoms with Gasteiger partial charge in [0, 0.05) is 25.3 Å². The summed E-state index contributed by atoms with van der Waals surface area (Å²) in [7, 11) is 1.45. The average Bonchev–Trinajstić information content (AvgIpc) is 3.25. The van der Waals surface area contributed by atoms with E-state index < -0.39 is 23.8 Å². The van der Waals surface area contributed by atoms with Crippen molar-refractivity contribution < 1.29 is 22.3 Å². The Labute approximate surface area is 191 Å². The number of halogens is 4. The van der Waals surface area contributed by atoms with Crippen molar-refractivity contribution in [1.29, 1.82) is 0 Å². The molecule has 0 aliphatic heterocycles. The molecule has 0 saturated heterocycles. The number of benzene rings is 2. The molecule has 1 unspecified atom stereocenters. The first-order valence-electron chi connectivity index (χ1n) is 10.4. The number of hydrogen-bond donors (Lipinski definition) is 1. The number of nitrogens with one attached hydrogen (secondary N) is 1. The van der Waals surface area contributed by atoms with Gasteiger partial charge in [0.1, 0.15) is 22.8 Å². The fraction of sp³-hybridized carbons (Fsp3) is 0.318. The van der Waals surface area contributed by atoms with E-state index in [1.54, 1.807) is 44.2 Å². The van der Waals surface area contributed by atoms with Crippen LogP contribution in [0, 0.1) is 12.7 Å². The summed E-state index contributed by atoms with van der Waals surface area (Å²) in [4.78, 5) is 12.8. The Hall–Kier alpha value is -3.83. The minimum Gasteiger partial charge on any atom is -0.480 e. The molecule has 4 rings (SSSR count). The molecular weight excluding hydrogens is 456 g/mol. The maximum Gasteiger partial charge on any atom is 0.425 e. The Kier molecular flexibility index (Phi) is 5.84. The number of nitrogens with zero attached hydrogens (tertiary/aromatic N) is 5. The summed E-state index contributed by atoms with van der Waals surface area (Å²) in [6.07, 6.45) is -6.88. The predicted octanol–water partition coefficient (Wildman–Crippen LogP) is 4.46. The number of hydrogen-bond acceptors (Lipinski definition) is 5. The highest BCUT2D eigenvalue weighted by Crippen LogP contribution is 2.39. The van der Waals surface area contributed by atoms with Crippen LogP contribution < -0.4 is 15.7 Å². The lowest BCUT2D eigenvalue weighted by atomic mass is 10.1. The largest absolute Gasteiger partial charge is 0.480 e. The van der Waals surface area contributed by atoms with Crippen LogP contribution in [-0.4, -0.2) is 36.4 Å². The van der Waals surface area contributed by atoms with Gasteiger partial charge in [-0.1, -0.05) is 18.2 Å². The highest BCUT2D eigenvalue weighted by molar-refractivity contribution is 5.98. The summed E-state index contributed by atoms with van der Waals surface area (Å²) in [5.41, 5.74) is -0.518. The number of para-hydroxylation sites is 1. The van der Waals surface area contributed by atoms with Gasteiger partial charge in [0.05, 0.1) is 5.39 Å². The molecule has 0 aliphatic rings. The van der Waals surface area contributed by atoms with Crippen molar-refractivity contribution in [3.63, 3.8) is 0 Å². The molecule has 2 heterocycles. The third-order valence-electron chi connectivity index (χ3n) is 5.39. The lowest BCUT2D eigenvalue weighted by molar-refractivity contribution is -0.188. The molecule has 12 heteroatoms. The van der Waals surface area contributed by atoms with E-state index >= 15 is 4.39 Å². The molecule has 0 amide bonds. The van der Waals surface area contributed by atoms with Gasteiger partial charge in [-0.3, -0.25) is 9.25 Å². The number of ether oxygens (including phenoxy) is 1. The summed E-state index contributed by atoms with van der Waals surface area (Å²) in [5, 5.41) is 11.4. The molecular formula is C22H22F4N6O2. The minimum atomic E-state index is -4.67. The Morgan fingerprint density at radius 1 is 1.18 bits per heavy atom. The SMILES string of the molecule is CCn1c(C)nn(-c2cc(OC(C)C(F)(F)F)c3c(Nc4ccccc4)nn(C)c3c2F)c1=O. The van der Waals surface area contributed by atoms with E-state index in [4.69, 9.17) is 4.74 Å². The van der Waals surface area contributed by atoms with Crippen molar-refractivity contribution >= 4 is 22.4 Å². The van der Waals surface area contributed by atoms with Gasteiger partial charge in [-0.25, -0.2) is 9.18 Å². The van der Waals surface area contributed by atoms with E-state index in [0.717, 1.165) is 17.7 Å². The number of rotatable bonds is 6. The van der Waals surface area contributed by atoms with Crippen LogP contribution in [0.2, 0.25) is 0 Å². The molecule has 0 saturated carbocycles. The quantitative estimate of drug-likeness (QED) is 0.414. The topological polar surface area (TPSA) is 78.9 Å². The fourth-order valence-corrected chi connectivity index (χ4v) is 3.66. The Balaban J connectivity index is 1.99. The number of aryl methyl sites for hydroxylation is 2. The van der Waals surface area contributed by atoms with E-state index in [-0.39, 0.29) is 28.2 Å². The third-order valence-corrected chi connectivity index (χ3v) is 5.39. The number of aromatic nitrogens is 5. The smallest absolute Gasteiger partial charge is 0.425 e. The molecule has 1 N–H and O–H groups in total. The minimum absolute atomic E-state index is 0.00315. The monoisotopic (exact) mass is 478 g/mol. The summed E-state index contributed by atoms with van der Waals surface area (Å²) in [6.45, 7) is 4.44. The first-order chi connectivity index (χ1) is 16.0. The zero-order valence-electron chi connectivity index (χ0n) is 18.8. The van der Waals surface area contributed by atoms with Crippen LogP contribution in [0.15, 0.2) is 41.2 Å². The Morgan fingerprint density at radius 2 is 1.85 bits per heavy atom. The lowest BCUT2D eigenvalue weighted by Gasteiger charge is -2.19. The maximum atomic E-state index is 15.8. The second-order valence-electron chi connectivity index (χ2n) is 7.68. The number of anilines is 2. The van der Waals surface area contributed by atoms with Crippen molar-refractivity contribution in [3.05, 3.63) is 58.5 Å². The van der Waals surface area contributed by atoms with Gasteiger partial charge < -0.3 is 10.1 Å². The Bertz CT molecular complexity index is 1410. The standard InChI is InChI=1S/C22H22F4N6O2/c1-5-31-13(3)28-32(21(31)33)15-11-16(34-12(2)22(24,25)26)17-19(18(15)23)30(4)29-20(17)27-14-9-7-6-8-10-14/h6-12H,5H2,1-4H3,(H,27,29). The molecule has 0 aliphatic carbocycles. The Morgan fingerprint density at radius 3 is 2.44 bits per heavy atom. The molecule has 1 atom stereocenters. The maximum absolute atomic E-state index is 15.8. The van der Waals surface area contributed by atoms with Gasteiger partial charge in [0.2, 0.25) is 0 Å². The van der Waals surface area contributed by atoms with Crippen molar-refractivity contribution in [3.8, 4) is 11.4 Å². The second-order valence-corrected chi connectivity index (χ2v) is 7.68. The highest BCUT2D eigenvalue weighted by Gasteiger charge is 2.39. The number of fused-ring (bicyclic) bond motifs is 1. The summed E-state index contributed by atoms with van der Waals surface area (Å²) >= 11 is 0. The average molecular weight is 478 g/mol. The second kappa shape index (κ2) is 8.50. The van der Waals surface area contributed by atoms with Crippen LogP contribution in [0.1, 0.15) is 19.7 Å². The summed E-state index contributed by atoms with van der Waals surface area (Å²) in [6, 6.07) is 9.81. The van der Waals surface area contributed by atoms with Gasteiger partial charge in [-0.2, -0.15) is 28.1 Å². The summed E-state index contributed by atoms with van der Waals surface area (Å²) < 4.78 is 64.4. The molecule has 180 valence electrons. The molecule has 0 radical (unpaired) electrons. The first-order valence-corrected chi connectivity index (χ1v) is 10.4. The van der Waals surface area contributed by atoms with Gasteiger partial charge in [-0.15, -0.1) is 0 Å². The molecule has 4 aromatic rings. The van der Waals surface area contributed by atoms with Gasteiger partial charge >= 0.3 is 11.9 Å². The van der Waals surface area contributed by atoms with Crippen LogP contribution >= 0.6 is 0 Å². The number of alkyl halides is 3. The molecule has 0 fully saturated rings. The van der Waals surface area contributed by atoms with Crippen LogP contribution in [0.4, 0.5) is 29.1 Å². The molecule has 2 aromatic heterocycles. The molecule has 0 spiro atoms. The van der Waals surface area contributed by atoms with Crippen molar-refractivity contribution in [1.82, 2.24) is 24.1 Å². The highest BCUT2D eigenvalue weighted by atomic mass is 19.4. The van der Waals surface area contributed by atoms with Crippen molar-refractivity contribution in [2.45, 2.75) is 39.6 Å². The van der Waals surface area contributed by atoms with Gasteiger partial charge in [-0.05, 0) is 32.9 Å². The van der Waals surface area contributed by atoms with Crippen LogP contribution in [0.25, 0.3) is 16.6 Å². The molecule has 0 bridgehead atoms. The van der Waals surface area contributed by atoms with E-state index in [1.807, 2.05) is 0 Å². The lowest BCUT2D eigenvalue weighted by Crippen LogP contribution is -2.31. The van der Waals surface area contributed by atoms with E-state index in [1.165, 1.54) is 16.3 Å². The first kappa shape index (κ1) is 23.3. The predicted molar refractivity (Wildman–Crippen MR) is 118 cm³/mol. The van der Waals surface area contributed by atoms with Crippen LogP contribution in [-0.2, 0) is 13.6 Å². The zero-order chi connectivity index (χ0) is 24.8. The zero-order valence-corrected chi connectivity index (χ0v) is 18.8. The van der Waals surface area contributed by atoms with E-state index in [9.17, 15) is 18.0 Å². The molecule has 2 aromatic carbocycles. The van der Waals surface area contributed by atoms with Crippen LogP contribution in [0.3, 0.4) is 0 Å². The molecule has 8 nitrogen and oxygen atoms in total. The van der Waals surface area contributed by atoms with Crippen molar-refractivity contribution in [2.75, 3.05) is 5.32 Å². The van der Waals surface area contributed by atoms with Crippen molar-refractivity contribution in [2.24, 2.45) is 7.05 Å². The normalized spacial score (nSPS) is 12.8. The van der Waals surface area contributed by atoms with E-state index in [2.05, 4.69) is 15.5 Å².